The van der Waals surface area contributed by atoms with Crippen LogP contribution in [0, 0.1) is 0 Å². The van der Waals surface area contributed by atoms with E-state index in [0.717, 1.165) is 11.1 Å². The van der Waals surface area contributed by atoms with E-state index in [9.17, 15) is 4.79 Å². The minimum atomic E-state index is -1.08. The first-order chi connectivity index (χ1) is 12.6. The molecule has 1 N–H and O–H groups in total. The smallest absolute Gasteiger partial charge is 0.267 e. The molecule has 0 bridgehead atoms. The third kappa shape index (κ3) is 3.48. The van der Waals surface area contributed by atoms with Crippen LogP contribution in [0.15, 0.2) is 65.7 Å². The fraction of sp³-hybridized carbons (Fsp3) is 0.391. The molecule has 142 valence electrons. The number of carbonyl (C=O) groups is 1. The quantitative estimate of drug-likeness (QED) is 0.864. The molecule has 4 nitrogen and oxygen atoms in total. The van der Waals surface area contributed by atoms with E-state index in [-0.39, 0.29) is 11.4 Å². The van der Waals surface area contributed by atoms with Gasteiger partial charge in [-0.15, -0.1) is 0 Å². The van der Waals surface area contributed by atoms with Crippen LogP contribution < -0.4 is 5.32 Å². The molecule has 0 spiro atoms. The molecule has 27 heavy (non-hydrogen) atoms. The van der Waals surface area contributed by atoms with Crippen molar-refractivity contribution >= 4 is 11.9 Å². The monoisotopic (exact) mass is 363 g/mol. The molecule has 1 aliphatic rings. The number of amides is 1. The van der Waals surface area contributed by atoms with Gasteiger partial charge in [0.05, 0.1) is 0 Å². The number of guanidine groups is 1. The van der Waals surface area contributed by atoms with Gasteiger partial charge in [-0.25, -0.2) is 4.99 Å². The molecule has 2 aromatic rings. The summed E-state index contributed by atoms with van der Waals surface area (Å²) in [6.45, 7) is 12.3. The van der Waals surface area contributed by atoms with Gasteiger partial charge in [-0.1, -0.05) is 60.7 Å². The molecule has 2 aromatic carbocycles. The van der Waals surface area contributed by atoms with Crippen molar-refractivity contribution in [1.29, 1.82) is 0 Å². The maximum atomic E-state index is 13.9. The van der Waals surface area contributed by atoms with Crippen molar-refractivity contribution in [2.24, 2.45) is 4.99 Å². The maximum absolute atomic E-state index is 13.9. The van der Waals surface area contributed by atoms with E-state index in [2.05, 4.69) is 26.1 Å². The predicted molar refractivity (Wildman–Crippen MR) is 111 cm³/mol. The standard InChI is InChI=1S/C23H29N3O/c1-21(2,3)24-20-25-23(17-13-9-7-10-14-17,18-15-11-8-12-16-18)19(27)26(20)22(4,5)6/h7-16H,1-6H3,(H,24,25). The van der Waals surface area contributed by atoms with E-state index in [1.807, 2.05) is 81.4 Å². The number of rotatable bonds is 2. The van der Waals surface area contributed by atoms with E-state index in [4.69, 9.17) is 4.99 Å². The maximum Gasteiger partial charge on any atom is 0.267 e. The van der Waals surface area contributed by atoms with Gasteiger partial charge in [0.1, 0.15) is 0 Å². The third-order valence-corrected chi connectivity index (χ3v) is 4.54. The normalized spacial score (nSPS) is 17.0. The summed E-state index contributed by atoms with van der Waals surface area (Å²) in [6.07, 6.45) is 0. The molecular formula is C23H29N3O. The molecule has 4 heteroatoms. The Labute approximate surface area is 162 Å². The highest BCUT2D eigenvalue weighted by molar-refractivity contribution is 6.10. The topological polar surface area (TPSA) is 44.7 Å². The summed E-state index contributed by atoms with van der Waals surface area (Å²) in [7, 11) is 0. The molecule has 0 atom stereocenters. The number of benzene rings is 2. The molecule has 1 aliphatic heterocycles. The Morgan fingerprint density at radius 1 is 0.815 bits per heavy atom. The van der Waals surface area contributed by atoms with Crippen LogP contribution in [-0.2, 0) is 10.3 Å². The number of aliphatic imine (C=N–C) groups is 1. The SMILES string of the molecule is CC(C)(C)NC1=NC(c2ccccc2)(c2ccccc2)C(=O)N1C(C)(C)C. The number of nitrogens with zero attached hydrogens (tertiary/aromatic N) is 2. The fourth-order valence-corrected chi connectivity index (χ4v) is 3.46. The lowest BCUT2D eigenvalue weighted by Crippen LogP contribution is -2.56. The van der Waals surface area contributed by atoms with Gasteiger partial charge in [0, 0.05) is 11.1 Å². The lowest BCUT2D eigenvalue weighted by Gasteiger charge is -2.37. The van der Waals surface area contributed by atoms with Crippen LogP contribution in [0.25, 0.3) is 0 Å². The molecule has 0 radical (unpaired) electrons. The van der Waals surface area contributed by atoms with Gasteiger partial charge in [0.2, 0.25) is 5.96 Å². The third-order valence-electron chi connectivity index (χ3n) is 4.54. The Hall–Kier alpha value is -2.62. The summed E-state index contributed by atoms with van der Waals surface area (Å²) < 4.78 is 0. The number of nitrogens with one attached hydrogen (secondary N) is 1. The first kappa shape index (κ1) is 19.2. The van der Waals surface area contributed by atoms with Gasteiger partial charge in [-0.2, -0.15) is 0 Å². The minimum Gasteiger partial charge on any atom is -0.351 e. The number of carbonyl (C=O) groups excluding carboxylic acids is 1. The second kappa shape index (κ2) is 6.52. The summed E-state index contributed by atoms with van der Waals surface area (Å²) in [5, 5.41) is 3.45. The van der Waals surface area contributed by atoms with Gasteiger partial charge >= 0.3 is 0 Å². The molecule has 3 rings (SSSR count). The summed E-state index contributed by atoms with van der Waals surface area (Å²) in [5.41, 5.74) is 0.0527. The van der Waals surface area contributed by atoms with Crippen molar-refractivity contribution in [3.05, 3.63) is 71.8 Å². The first-order valence-corrected chi connectivity index (χ1v) is 9.39. The van der Waals surface area contributed by atoms with Gasteiger partial charge in [-0.3, -0.25) is 9.69 Å². The summed E-state index contributed by atoms with van der Waals surface area (Å²) >= 11 is 0. The van der Waals surface area contributed by atoms with Crippen LogP contribution in [0.1, 0.15) is 52.7 Å². The zero-order valence-electron chi connectivity index (χ0n) is 17.1. The fourth-order valence-electron chi connectivity index (χ4n) is 3.46. The van der Waals surface area contributed by atoms with E-state index >= 15 is 0 Å². The summed E-state index contributed by atoms with van der Waals surface area (Å²) in [4.78, 5) is 20.8. The number of hydrogen-bond acceptors (Lipinski definition) is 3. The Morgan fingerprint density at radius 2 is 1.26 bits per heavy atom. The van der Waals surface area contributed by atoms with Crippen molar-refractivity contribution in [3.63, 3.8) is 0 Å². The Bertz CT molecular complexity index is 803. The zero-order chi connectivity index (χ0) is 19.9. The van der Waals surface area contributed by atoms with Gasteiger partial charge in [0.15, 0.2) is 5.54 Å². The highest BCUT2D eigenvalue weighted by atomic mass is 16.2. The highest BCUT2D eigenvalue weighted by Crippen LogP contribution is 2.42. The van der Waals surface area contributed by atoms with Gasteiger partial charge in [0.25, 0.3) is 5.91 Å². The molecule has 0 unspecified atom stereocenters. The molecule has 0 aromatic heterocycles. The van der Waals surface area contributed by atoms with Crippen LogP contribution in [0.3, 0.4) is 0 Å². The van der Waals surface area contributed by atoms with Crippen molar-refractivity contribution in [3.8, 4) is 0 Å². The summed E-state index contributed by atoms with van der Waals surface area (Å²) in [6, 6.07) is 19.7. The Kier molecular flexibility index (Phi) is 4.62. The molecule has 1 amide bonds. The summed E-state index contributed by atoms with van der Waals surface area (Å²) in [5.74, 6) is 0.590. The zero-order valence-corrected chi connectivity index (χ0v) is 17.1. The molecule has 1 heterocycles. The van der Waals surface area contributed by atoms with Crippen LogP contribution in [0.2, 0.25) is 0 Å². The van der Waals surface area contributed by atoms with Crippen molar-refractivity contribution in [2.45, 2.75) is 58.2 Å². The van der Waals surface area contributed by atoms with E-state index in [1.165, 1.54) is 0 Å². The second-order valence-electron chi connectivity index (χ2n) is 9.06. The molecule has 0 saturated heterocycles. The predicted octanol–water partition coefficient (Wildman–Crippen LogP) is 4.32. The van der Waals surface area contributed by atoms with Crippen molar-refractivity contribution in [2.75, 3.05) is 0 Å². The van der Waals surface area contributed by atoms with Crippen LogP contribution >= 0.6 is 0 Å². The Morgan fingerprint density at radius 3 is 1.63 bits per heavy atom. The lowest BCUT2D eigenvalue weighted by molar-refractivity contribution is -0.133. The van der Waals surface area contributed by atoms with Crippen LogP contribution in [0.5, 0.6) is 0 Å². The lowest BCUT2D eigenvalue weighted by atomic mass is 9.82. The van der Waals surface area contributed by atoms with Crippen LogP contribution in [0.4, 0.5) is 0 Å². The van der Waals surface area contributed by atoms with E-state index in [1.54, 1.807) is 4.90 Å². The number of hydrogen-bond donors (Lipinski definition) is 1. The van der Waals surface area contributed by atoms with Crippen molar-refractivity contribution < 1.29 is 4.79 Å². The molecular weight excluding hydrogens is 334 g/mol. The first-order valence-electron chi connectivity index (χ1n) is 9.39. The average molecular weight is 364 g/mol. The second-order valence-corrected chi connectivity index (χ2v) is 9.06. The minimum absolute atomic E-state index is 0.0286. The van der Waals surface area contributed by atoms with Gasteiger partial charge < -0.3 is 5.32 Å². The molecule has 0 saturated carbocycles. The van der Waals surface area contributed by atoms with Crippen LogP contribution in [-0.4, -0.2) is 27.8 Å². The Balaban J connectivity index is 2.28. The van der Waals surface area contributed by atoms with Crippen molar-refractivity contribution in [1.82, 2.24) is 10.2 Å². The largest absolute Gasteiger partial charge is 0.351 e. The molecule has 0 fully saturated rings. The van der Waals surface area contributed by atoms with Gasteiger partial charge in [-0.05, 0) is 52.7 Å². The van der Waals surface area contributed by atoms with E-state index < -0.39 is 11.1 Å². The van der Waals surface area contributed by atoms with E-state index in [0.29, 0.717) is 5.96 Å². The highest BCUT2D eigenvalue weighted by Gasteiger charge is 2.54. The average Bonchev–Trinajstić information content (AvgIpc) is 2.87. The molecule has 0 aliphatic carbocycles.